The highest BCUT2D eigenvalue weighted by molar-refractivity contribution is 7.92. The first-order valence-electron chi connectivity index (χ1n) is 10.4. The highest BCUT2D eigenvalue weighted by atomic mass is 35.5. The summed E-state index contributed by atoms with van der Waals surface area (Å²) in [5.41, 5.74) is 0.731. The molecule has 3 rings (SSSR count). The highest BCUT2D eigenvalue weighted by Crippen LogP contribution is 2.26. The first-order valence-corrected chi connectivity index (χ1v) is 13.7. The van der Waals surface area contributed by atoms with Crippen LogP contribution in [0.15, 0.2) is 82.6 Å². The largest absolute Gasteiger partial charge is 0.322 e. The van der Waals surface area contributed by atoms with Crippen LogP contribution in [0, 0.1) is 0 Å². The summed E-state index contributed by atoms with van der Waals surface area (Å²) in [7, 11) is -7.43. The second-order valence-electron chi connectivity index (χ2n) is 7.18. The number of nitrogens with zero attached hydrogens (tertiary/aromatic N) is 1. The summed E-state index contributed by atoms with van der Waals surface area (Å²) < 4.78 is 53.9. The fourth-order valence-electron chi connectivity index (χ4n) is 3.17. The molecule has 0 aliphatic carbocycles. The summed E-state index contributed by atoms with van der Waals surface area (Å²) in [4.78, 5) is 12.8. The number of sulfonamides is 2. The zero-order chi connectivity index (χ0) is 24.9. The minimum atomic E-state index is -3.83. The zero-order valence-corrected chi connectivity index (χ0v) is 20.9. The third-order valence-electron chi connectivity index (χ3n) is 4.98. The lowest BCUT2D eigenvalue weighted by molar-refractivity contribution is 0.102. The lowest BCUT2D eigenvalue weighted by Crippen LogP contribution is -2.30. The molecule has 1 amide bonds. The van der Waals surface area contributed by atoms with Gasteiger partial charge in [0.05, 0.1) is 20.5 Å². The van der Waals surface area contributed by atoms with Crippen molar-refractivity contribution in [3.63, 3.8) is 0 Å². The van der Waals surface area contributed by atoms with Crippen LogP contribution in [-0.2, 0) is 20.0 Å². The van der Waals surface area contributed by atoms with Crippen LogP contribution in [0.4, 0.5) is 11.4 Å². The van der Waals surface area contributed by atoms with Crippen molar-refractivity contribution < 1.29 is 21.6 Å². The van der Waals surface area contributed by atoms with E-state index in [1.807, 2.05) is 0 Å². The number of nitrogens with one attached hydrogen (secondary N) is 2. The Bertz CT molecular complexity index is 1370. The van der Waals surface area contributed by atoms with Crippen LogP contribution >= 0.6 is 11.6 Å². The van der Waals surface area contributed by atoms with Crippen molar-refractivity contribution >= 4 is 48.9 Å². The maximum Gasteiger partial charge on any atom is 0.261 e. The van der Waals surface area contributed by atoms with Crippen molar-refractivity contribution in [2.75, 3.05) is 23.1 Å². The summed E-state index contributed by atoms with van der Waals surface area (Å²) in [6.45, 7) is 4.24. The molecule has 8 nitrogen and oxygen atoms in total. The van der Waals surface area contributed by atoms with Crippen molar-refractivity contribution in [1.82, 2.24) is 4.31 Å². The summed E-state index contributed by atoms with van der Waals surface area (Å²) >= 11 is 6.22. The minimum absolute atomic E-state index is 0.0489. The molecule has 0 unspecified atom stereocenters. The van der Waals surface area contributed by atoms with Gasteiger partial charge in [-0.2, -0.15) is 4.31 Å². The fourth-order valence-corrected chi connectivity index (χ4v) is 6.01. The predicted molar refractivity (Wildman–Crippen MR) is 133 cm³/mol. The first kappa shape index (κ1) is 25.7. The van der Waals surface area contributed by atoms with E-state index in [-0.39, 0.29) is 26.1 Å². The maximum atomic E-state index is 12.6. The van der Waals surface area contributed by atoms with Crippen molar-refractivity contribution in [2.45, 2.75) is 23.6 Å². The van der Waals surface area contributed by atoms with E-state index in [1.165, 1.54) is 58.9 Å². The number of anilines is 2. The van der Waals surface area contributed by atoms with E-state index in [0.717, 1.165) is 0 Å². The summed E-state index contributed by atoms with van der Waals surface area (Å²) in [6, 6.07) is 17.9. The number of halogens is 1. The van der Waals surface area contributed by atoms with Gasteiger partial charge in [-0.3, -0.25) is 9.52 Å². The lowest BCUT2D eigenvalue weighted by Gasteiger charge is -2.18. The van der Waals surface area contributed by atoms with Gasteiger partial charge in [0.15, 0.2) is 0 Å². The molecule has 0 heterocycles. The van der Waals surface area contributed by atoms with E-state index in [1.54, 1.807) is 32.0 Å². The molecule has 34 heavy (non-hydrogen) atoms. The van der Waals surface area contributed by atoms with Crippen molar-refractivity contribution in [2.24, 2.45) is 0 Å². The van der Waals surface area contributed by atoms with Gasteiger partial charge in [-0.1, -0.05) is 43.6 Å². The van der Waals surface area contributed by atoms with Crippen LogP contribution in [0.3, 0.4) is 0 Å². The van der Waals surface area contributed by atoms with Gasteiger partial charge in [0.25, 0.3) is 15.9 Å². The molecule has 180 valence electrons. The Morgan fingerprint density at radius 2 is 1.47 bits per heavy atom. The zero-order valence-electron chi connectivity index (χ0n) is 18.5. The van der Waals surface area contributed by atoms with E-state index in [0.29, 0.717) is 18.8 Å². The molecule has 0 bridgehead atoms. The van der Waals surface area contributed by atoms with Crippen LogP contribution in [-0.4, -0.2) is 40.1 Å². The molecule has 0 atom stereocenters. The molecule has 0 saturated carbocycles. The van der Waals surface area contributed by atoms with Gasteiger partial charge < -0.3 is 5.32 Å². The Kier molecular flexibility index (Phi) is 7.98. The normalized spacial score (nSPS) is 11.9. The smallest absolute Gasteiger partial charge is 0.261 e. The maximum absolute atomic E-state index is 12.6. The topological polar surface area (TPSA) is 113 Å². The van der Waals surface area contributed by atoms with Crippen molar-refractivity contribution in [1.29, 1.82) is 0 Å². The average Bonchev–Trinajstić information content (AvgIpc) is 2.82. The number of carbonyl (C=O) groups is 1. The lowest BCUT2D eigenvalue weighted by atomic mass is 10.2. The van der Waals surface area contributed by atoms with Crippen LogP contribution in [0.2, 0.25) is 5.02 Å². The molecular weight excluding hydrogens is 498 g/mol. The SMILES string of the molecule is CCN(CC)S(=O)(=O)c1ccc(NC(=O)c2ccc(NS(=O)(=O)c3ccccc3)c(Cl)c2)cc1. The molecule has 0 saturated heterocycles. The number of hydrogen-bond acceptors (Lipinski definition) is 5. The number of amides is 1. The van der Waals surface area contributed by atoms with Crippen LogP contribution < -0.4 is 10.0 Å². The Morgan fingerprint density at radius 1 is 0.853 bits per heavy atom. The molecule has 11 heteroatoms. The van der Waals surface area contributed by atoms with E-state index in [9.17, 15) is 21.6 Å². The highest BCUT2D eigenvalue weighted by Gasteiger charge is 2.21. The van der Waals surface area contributed by atoms with E-state index in [2.05, 4.69) is 10.0 Å². The number of carbonyl (C=O) groups excluding carboxylic acids is 1. The Hall–Kier alpha value is -2.92. The van der Waals surface area contributed by atoms with Crippen LogP contribution in [0.5, 0.6) is 0 Å². The third kappa shape index (κ3) is 5.76. The second-order valence-corrected chi connectivity index (χ2v) is 11.2. The van der Waals surface area contributed by atoms with Gasteiger partial charge in [0.1, 0.15) is 0 Å². The summed E-state index contributed by atoms with van der Waals surface area (Å²) in [5.74, 6) is -0.487. The molecule has 3 aromatic rings. The van der Waals surface area contributed by atoms with Crippen LogP contribution in [0.25, 0.3) is 0 Å². The van der Waals surface area contributed by atoms with E-state index < -0.39 is 26.0 Å². The second kappa shape index (κ2) is 10.6. The summed E-state index contributed by atoms with van der Waals surface area (Å²) in [6.07, 6.45) is 0. The Morgan fingerprint density at radius 3 is 2.03 bits per heavy atom. The van der Waals surface area contributed by atoms with Gasteiger partial charge in [-0.05, 0) is 54.6 Å². The van der Waals surface area contributed by atoms with Crippen molar-refractivity contribution in [3.05, 3.63) is 83.4 Å². The van der Waals surface area contributed by atoms with E-state index in [4.69, 9.17) is 11.6 Å². The van der Waals surface area contributed by atoms with Crippen molar-refractivity contribution in [3.8, 4) is 0 Å². The van der Waals surface area contributed by atoms with Gasteiger partial charge in [0.2, 0.25) is 10.0 Å². The number of hydrogen-bond donors (Lipinski definition) is 2. The van der Waals surface area contributed by atoms with Gasteiger partial charge in [-0.25, -0.2) is 16.8 Å². The minimum Gasteiger partial charge on any atom is -0.322 e. The Balaban J connectivity index is 1.73. The van der Waals surface area contributed by atoms with E-state index >= 15 is 0 Å². The van der Waals surface area contributed by atoms with Gasteiger partial charge in [-0.15, -0.1) is 0 Å². The summed E-state index contributed by atoms with van der Waals surface area (Å²) in [5, 5.41) is 2.72. The first-order chi connectivity index (χ1) is 16.1. The molecule has 0 radical (unpaired) electrons. The predicted octanol–water partition coefficient (Wildman–Crippen LogP) is 4.42. The quantitative estimate of drug-likeness (QED) is 0.432. The Labute approximate surface area is 204 Å². The standard InChI is InChI=1S/C23H24ClN3O5S2/c1-3-27(4-2)34(31,32)20-13-11-18(12-14-20)25-23(28)17-10-15-22(21(24)16-17)26-33(29,30)19-8-6-5-7-9-19/h5-16,26H,3-4H2,1-2H3,(H,25,28). The molecular formula is C23H24ClN3O5S2. The monoisotopic (exact) mass is 521 g/mol. The average molecular weight is 522 g/mol. The molecule has 0 fully saturated rings. The number of benzene rings is 3. The molecule has 0 aliphatic rings. The molecule has 0 aliphatic heterocycles. The van der Waals surface area contributed by atoms with Gasteiger partial charge in [0, 0.05) is 24.3 Å². The fraction of sp³-hybridized carbons (Fsp3) is 0.174. The molecule has 2 N–H and O–H groups in total. The molecule has 0 spiro atoms. The molecule has 3 aromatic carbocycles. The number of rotatable bonds is 9. The third-order valence-corrected chi connectivity index (χ3v) is 8.74. The van der Waals surface area contributed by atoms with Crippen LogP contribution in [0.1, 0.15) is 24.2 Å². The van der Waals surface area contributed by atoms with Gasteiger partial charge >= 0.3 is 0 Å². The molecule has 0 aromatic heterocycles.